The van der Waals surface area contributed by atoms with E-state index < -0.39 is 5.97 Å². The number of carbonyl (C=O) groups excluding carboxylic acids is 2. The van der Waals surface area contributed by atoms with Crippen LogP contribution in [0.25, 0.3) is 6.08 Å². The number of hydrogen-bond donors (Lipinski definition) is 0. The molecule has 0 fully saturated rings. The van der Waals surface area contributed by atoms with Crippen molar-refractivity contribution in [3.63, 3.8) is 0 Å². The van der Waals surface area contributed by atoms with Crippen molar-refractivity contribution >= 4 is 62.4 Å². The second kappa shape index (κ2) is 8.13. The van der Waals surface area contributed by atoms with Crippen LogP contribution in [0, 0.1) is 3.57 Å². The van der Waals surface area contributed by atoms with Crippen LogP contribution in [0.3, 0.4) is 0 Å². The number of benzene rings is 2. The van der Waals surface area contributed by atoms with Crippen molar-refractivity contribution in [3.05, 3.63) is 67.3 Å². The first-order valence-corrected chi connectivity index (χ1v) is 9.62. The summed E-state index contributed by atoms with van der Waals surface area (Å²) in [6.07, 6.45) is 1.94. The van der Waals surface area contributed by atoms with Crippen LogP contribution in [0.1, 0.15) is 24.5 Å². The van der Waals surface area contributed by atoms with Crippen molar-refractivity contribution in [1.29, 1.82) is 0 Å². The van der Waals surface area contributed by atoms with E-state index in [1.165, 1.54) is 0 Å². The Balaban J connectivity index is 1.82. The molecule has 0 saturated heterocycles. The van der Waals surface area contributed by atoms with Gasteiger partial charge in [0.15, 0.2) is 5.70 Å². The Morgan fingerprint density at radius 1 is 1.27 bits per heavy atom. The number of carbonyl (C=O) groups is 2. The van der Waals surface area contributed by atoms with Crippen molar-refractivity contribution in [1.82, 2.24) is 0 Å². The Bertz CT molecular complexity index is 935. The topological polar surface area (TPSA) is 65.0 Å². The molecular weight excluding hydrogens is 513 g/mol. The predicted octanol–water partition coefficient (Wildman–Crippen LogP) is 4.71. The van der Waals surface area contributed by atoms with Gasteiger partial charge in [-0.25, -0.2) is 9.79 Å². The minimum atomic E-state index is -0.504. The first-order valence-electron chi connectivity index (χ1n) is 7.75. The maximum atomic E-state index is 12.1. The number of esters is 2. The Kier molecular flexibility index (Phi) is 5.87. The minimum Gasteiger partial charge on any atom is -0.427 e. The number of cyclic esters (lactones) is 1. The number of halogens is 2. The molecule has 0 radical (unpaired) electrons. The van der Waals surface area contributed by atoms with Gasteiger partial charge in [-0.05, 0) is 80.5 Å². The first kappa shape index (κ1) is 18.8. The lowest BCUT2D eigenvalue weighted by Crippen LogP contribution is -2.05. The molecule has 0 saturated carbocycles. The molecule has 7 heteroatoms. The van der Waals surface area contributed by atoms with Gasteiger partial charge in [-0.3, -0.25) is 4.79 Å². The second-order valence-electron chi connectivity index (χ2n) is 5.36. The fourth-order valence-corrected chi connectivity index (χ4v) is 2.87. The Morgan fingerprint density at radius 3 is 2.65 bits per heavy atom. The van der Waals surface area contributed by atoms with E-state index in [0.717, 1.165) is 19.2 Å². The third-order valence-electron chi connectivity index (χ3n) is 3.49. The van der Waals surface area contributed by atoms with Crippen molar-refractivity contribution in [2.24, 2.45) is 4.99 Å². The van der Waals surface area contributed by atoms with E-state index in [9.17, 15) is 9.59 Å². The van der Waals surface area contributed by atoms with Gasteiger partial charge in [0.2, 0.25) is 5.90 Å². The molecule has 26 heavy (non-hydrogen) atoms. The van der Waals surface area contributed by atoms with Crippen LogP contribution in [-0.4, -0.2) is 17.8 Å². The van der Waals surface area contributed by atoms with E-state index in [4.69, 9.17) is 9.47 Å². The summed E-state index contributed by atoms with van der Waals surface area (Å²) in [5, 5.41) is 0. The number of aliphatic imine (C=N–C) groups is 1. The Hall–Kier alpha value is -2.00. The molecule has 1 aliphatic rings. The second-order valence-corrected chi connectivity index (χ2v) is 7.38. The first-order chi connectivity index (χ1) is 12.5. The molecule has 3 rings (SSSR count). The standard InChI is InChI=1S/C19H13BrINO4/c1-2-17(23)25-13-6-3-11(4-7-13)9-16-19(24)26-18(22-16)12-5-8-15(21)14(20)10-12/h3-10H,2H2,1H3/b16-9-. The van der Waals surface area contributed by atoms with Crippen LogP contribution in [0.2, 0.25) is 0 Å². The zero-order valence-corrected chi connectivity index (χ0v) is 17.4. The molecule has 0 N–H and O–H groups in total. The van der Waals surface area contributed by atoms with Gasteiger partial charge in [-0.1, -0.05) is 19.1 Å². The zero-order chi connectivity index (χ0) is 18.7. The van der Waals surface area contributed by atoms with Crippen LogP contribution < -0.4 is 4.74 Å². The predicted molar refractivity (Wildman–Crippen MR) is 110 cm³/mol. The Morgan fingerprint density at radius 2 is 2.00 bits per heavy atom. The number of ether oxygens (including phenoxy) is 2. The van der Waals surface area contributed by atoms with Crippen LogP contribution in [0.15, 0.2) is 57.6 Å². The third kappa shape index (κ3) is 4.39. The van der Waals surface area contributed by atoms with Gasteiger partial charge < -0.3 is 9.47 Å². The third-order valence-corrected chi connectivity index (χ3v) is 5.83. The Labute approximate surface area is 172 Å². The lowest BCUT2D eigenvalue weighted by molar-refractivity contribution is -0.134. The number of rotatable bonds is 4. The normalized spacial score (nSPS) is 15.0. The van der Waals surface area contributed by atoms with Crippen LogP contribution in [0.4, 0.5) is 0 Å². The summed E-state index contributed by atoms with van der Waals surface area (Å²) < 4.78 is 12.3. The average Bonchev–Trinajstić information content (AvgIpc) is 2.99. The lowest BCUT2D eigenvalue weighted by atomic mass is 10.2. The molecule has 0 aliphatic carbocycles. The van der Waals surface area contributed by atoms with E-state index in [1.807, 2.05) is 18.2 Å². The highest BCUT2D eigenvalue weighted by molar-refractivity contribution is 14.1. The van der Waals surface area contributed by atoms with E-state index in [0.29, 0.717) is 12.2 Å². The van der Waals surface area contributed by atoms with E-state index in [2.05, 4.69) is 43.5 Å². The summed E-state index contributed by atoms with van der Waals surface area (Å²) >= 11 is 5.65. The van der Waals surface area contributed by atoms with Gasteiger partial charge in [0.1, 0.15) is 5.75 Å². The lowest BCUT2D eigenvalue weighted by Gasteiger charge is -2.02. The van der Waals surface area contributed by atoms with Crippen LogP contribution in [0.5, 0.6) is 5.75 Å². The average molecular weight is 526 g/mol. The zero-order valence-electron chi connectivity index (χ0n) is 13.7. The number of nitrogens with zero attached hydrogens (tertiary/aromatic N) is 1. The van der Waals surface area contributed by atoms with E-state index in [-0.39, 0.29) is 17.6 Å². The largest absolute Gasteiger partial charge is 0.427 e. The highest BCUT2D eigenvalue weighted by atomic mass is 127. The summed E-state index contributed by atoms with van der Waals surface area (Å²) in [5.41, 5.74) is 1.69. The van der Waals surface area contributed by atoms with Crippen molar-refractivity contribution in [3.8, 4) is 5.75 Å². The maximum Gasteiger partial charge on any atom is 0.363 e. The SMILES string of the molecule is CCC(=O)Oc1ccc(/C=C2\N=C(c3ccc(I)c(Br)c3)OC2=O)cc1. The molecule has 2 aromatic carbocycles. The van der Waals surface area contributed by atoms with Gasteiger partial charge in [0.05, 0.1) is 0 Å². The number of hydrogen-bond acceptors (Lipinski definition) is 5. The molecule has 0 bridgehead atoms. The molecule has 0 unspecified atom stereocenters. The molecule has 1 heterocycles. The molecule has 2 aromatic rings. The quantitative estimate of drug-likeness (QED) is 0.251. The van der Waals surface area contributed by atoms with Gasteiger partial charge in [-0.15, -0.1) is 0 Å². The van der Waals surface area contributed by atoms with Crippen molar-refractivity contribution < 1.29 is 19.1 Å². The maximum absolute atomic E-state index is 12.1. The highest BCUT2D eigenvalue weighted by Gasteiger charge is 2.24. The summed E-state index contributed by atoms with van der Waals surface area (Å²) in [7, 11) is 0. The van der Waals surface area contributed by atoms with Crippen molar-refractivity contribution in [2.75, 3.05) is 0 Å². The fourth-order valence-electron chi connectivity index (χ4n) is 2.16. The van der Waals surface area contributed by atoms with E-state index >= 15 is 0 Å². The summed E-state index contributed by atoms with van der Waals surface area (Å²) in [6.45, 7) is 1.73. The van der Waals surface area contributed by atoms with E-state index in [1.54, 1.807) is 37.3 Å². The van der Waals surface area contributed by atoms with Crippen molar-refractivity contribution in [2.45, 2.75) is 13.3 Å². The highest BCUT2D eigenvalue weighted by Crippen LogP contribution is 2.24. The molecule has 1 aliphatic heterocycles. The minimum absolute atomic E-state index is 0.216. The monoisotopic (exact) mass is 525 g/mol. The summed E-state index contributed by atoms with van der Waals surface area (Å²) in [5.74, 6) is -0.0719. The smallest absolute Gasteiger partial charge is 0.363 e. The van der Waals surface area contributed by atoms with Crippen LogP contribution >= 0.6 is 38.5 Å². The molecule has 0 atom stereocenters. The fraction of sp³-hybridized carbons (Fsp3) is 0.105. The summed E-state index contributed by atoms with van der Waals surface area (Å²) in [4.78, 5) is 27.7. The van der Waals surface area contributed by atoms with Gasteiger partial charge in [0.25, 0.3) is 0 Å². The molecule has 0 amide bonds. The molecule has 0 spiro atoms. The molecule has 5 nitrogen and oxygen atoms in total. The van der Waals surface area contributed by atoms with Gasteiger partial charge >= 0.3 is 11.9 Å². The van der Waals surface area contributed by atoms with Gasteiger partial charge in [-0.2, -0.15) is 0 Å². The van der Waals surface area contributed by atoms with Gasteiger partial charge in [0, 0.05) is 20.0 Å². The molecule has 0 aromatic heterocycles. The summed E-state index contributed by atoms with van der Waals surface area (Å²) in [6, 6.07) is 12.4. The molecular formula is C19H13BrINO4. The van der Waals surface area contributed by atoms with Crippen LogP contribution in [-0.2, 0) is 14.3 Å². The molecule has 132 valence electrons.